The Hall–Kier alpha value is -2.81. The Morgan fingerprint density at radius 1 is 1.12 bits per heavy atom. The number of ether oxygens (including phenoxy) is 1. The van der Waals surface area contributed by atoms with Crippen LogP contribution in [0.3, 0.4) is 0 Å². The minimum absolute atomic E-state index is 0.264. The summed E-state index contributed by atoms with van der Waals surface area (Å²) in [5.41, 5.74) is 7.08. The van der Waals surface area contributed by atoms with Crippen LogP contribution >= 0.6 is 0 Å². The zero-order valence-electron chi connectivity index (χ0n) is 13.8. The first-order valence-electron chi connectivity index (χ1n) is 8.27. The number of fused-ring (bicyclic) bond motifs is 4. The lowest BCUT2D eigenvalue weighted by Crippen LogP contribution is -2.09. The number of H-pyrrole nitrogens is 1. The smallest absolute Gasteiger partial charge is 0.340 e. The van der Waals surface area contributed by atoms with Crippen molar-refractivity contribution in [1.82, 2.24) is 4.98 Å². The van der Waals surface area contributed by atoms with Gasteiger partial charge in [0.25, 0.3) is 0 Å². The number of carbonyl (C=O) groups excluding carboxylic acids is 1. The highest BCUT2D eigenvalue weighted by Gasteiger charge is 2.27. The molecule has 0 aliphatic heterocycles. The zero-order chi connectivity index (χ0) is 16.7. The summed E-state index contributed by atoms with van der Waals surface area (Å²) in [7, 11) is 0. The molecular formula is C21H19NO2. The van der Waals surface area contributed by atoms with E-state index in [4.69, 9.17) is 4.74 Å². The zero-order valence-corrected chi connectivity index (χ0v) is 13.8. The van der Waals surface area contributed by atoms with E-state index >= 15 is 0 Å². The molecule has 1 aromatic heterocycles. The molecule has 1 N–H and O–H groups in total. The van der Waals surface area contributed by atoms with Crippen LogP contribution in [0.1, 0.15) is 36.2 Å². The monoisotopic (exact) mass is 317 g/mol. The highest BCUT2D eigenvalue weighted by atomic mass is 16.5. The fourth-order valence-corrected chi connectivity index (χ4v) is 3.61. The van der Waals surface area contributed by atoms with Crippen molar-refractivity contribution in [3.05, 3.63) is 70.9 Å². The number of rotatable bonds is 2. The lowest BCUT2D eigenvalue weighted by molar-refractivity contribution is -0.136. The van der Waals surface area contributed by atoms with Gasteiger partial charge in [-0.15, -0.1) is 0 Å². The molecular weight excluding hydrogens is 298 g/mol. The maximum Gasteiger partial charge on any atom is 0.340 e. The summed E-state index contributed by atoms with van der Waals surface area (Å²) in [6, 6.07) is 16.5. The molecule has 0 fully saturated rings. The van der Waals surface area contributed by atoms with Gasteiger partial charge in [-0.3, -0.25) is 0 Å². The fourth-order valence-electron chi connectivity index (χ4n) is 3.61. The third-order valence-electron chi connectivity index (χ3n) is 4.71. The van der Waals surface area contributed by atoms with Crippen LogP contribution in [0.5, 0.6) is 0 Å². The lowest BCUT2D eigenvalue weighted by atomic mass is 9.97. The molecule has 0 radical (unpaired) electrons. The summed E-state index contributed by atoms with van der Waals surface area (Å²) in [6.07, 6.45) is 0.801. The second-order valence-electron chi connectivity index (χ2n) is 6.08. The average Bonchev–Trinajstić information content (AvgIpc) is 2.88. The van der Waals surface area contributed by atoms with Crippen LogP contribution in [0.4, 0.5) is 0 Å². The van der Waals surface area contributed by atoms with E-state index < -0.39 is 0 Å². The Labute approximate surface area is 141 Å². The van der Waals surface area contributed by atoms with Crippen LogP contribution in [0, 0.1) is 0 Å². The Kier molecular flexibility index (Phi) is 3.49. The van der Waals surface area contributed by atoms with E-state index in [9.17, 15) is 4.79 Å². The van der Waals surface area contributed by atoms with Crippen molar-refractivity contribution < 1.29 is 9.53 Å². The van der Waals surface area contributed by atoms with E-state index in [1.54, 1.807) is 0 Å². The van der Waals surface area contributed by atoms with Crippen molar-refractivity contribution in [3.8, 4) is 0 Å². The number of aromatic amines is 1. The molecule has 3 heteroatoms. The third kappa shape index (κ3) is 2.16. The normalized spacial score (nSPS) is 13.4. The van der Waals surface area contributed by atoms with Gasteiger partial charge in [-0.05, 0) is 42.2 Å². The van der Waals surface area contributed by atoms with Crippen molar-refractivity contribution in [3.63, 3.8) is 0 Å². The summed E-state index contributed by atoms with van der Waals surface area (Å²) < 4.78 is 5.36. The molecule has 4 rings (SSSR count). The van der Waals surface area contributed by atoms with E-state index in [2.05, 4.69) is 29.2 Å². The molecule has 0 unspecified atom stereocenters. The Morgan fingerprint density at radius 2 is 1.88 bits per heavy atom. The van der Waals surface area contributed by atoms with Crippen LogP contribution in [-0.2, 0) is 16.0 Å². The number of esters is 1. The van der Waals surface area contributed by atoms with Gasteiger partial charge in [-0.1, -0.05) is 42.5 Å². The number of aromatic nitrogens is 1. The highest BCUT2D eigenvalue weighted by Crippen LogP contribution is 2.38. The molecule has 0 atom stereocenters. The number of benzene rings is 2. The average molecular weight is 317 g/mol. The van der Waals surface area contributed by atoms with Crippen molar-refractivity contribution >= 4 is 28.0 Å². The first kappa shape index (κ1) is 14.8. The predicted octanol–water partition coefficient (Wildman–Crippen LogP) is 4.57. The van der Waals surface area contributed by atoms with Gasteiger partial charge >= 0.3 is 5.97 Å². The fraction of sp³-hybridized carbons (Fsp3) is 0.190. The summed E-state index contributed by atoms with van der Waals surface area (Å²) in [5.74, 6) is -0.264. The SMILES string of the molecule is CCOC(=O)C1=C(C)c2ccccc2Cc2c1[nH]c1ccccc21. The van der Waals surface area contributed by atoms with Crippen molar-refractivity contribution in [2.24, 2.45) is 0 Å². The highest BCUT2D eigenvalue weighted by molar-refractivity contribution is 6.25. The second kappa shape index (κ2) is 5.68. The van der Waals surface area contributed by atoms with E-state index in [-0.39, 0.29) is 5.97 Å². The molecule has 24 heavy (non-hydrogen) atoms. The van der Waals surface area contributed by atoms with E-state index in [1.807, 2.05) is 38.1 Å². The van der Waals surface area contributed by atoms with Gasteiger partial charge < -0.3 is 9.72 Å². The van der Waals surface area contributed by atoms with Crippen LogP contribution in [-0.4, -0.2) is 17.6 Å². The number of nitrogens with one attached hydrogen (secondary N) is 1. The summed E-state index contributed by atoms with van der Waals surface area (Å²) >= 11 is 0. The molecule has 3 aromatic rings. The number of hydrogen-bond donors (Lipinski definition) is 1. The molecule has 2 aromatic carbocycles. The van der Waals surface area contributed by atoms with Gasteiger partial charge in [-0.2, -0.15) is 0 Å². The number of carbonyl (C=O) groups is 1. The molecule has 0 saturated heterocycles. The molecule has 1 heterocycles. The maximum absolute atomic E-state index is 12.7. The largest absolute Gasteiger partial charge is 0.462 e. The molecule has 0 saturated carbocycles. The lowest BCUT2D eigenvalue weighted by Gasteiger charge is -2.10. The molecule has 0 bridgehead atoms. The minimum atomic E-state index is -0.264. The summed E-state index contributed by atoms with van der Waals surface area (Å²) in [6.45, 7) is 4.21. The maximum atomic E-state index is 12.7. The van der Waals surface area contributed by atoms with Crippen molar-refractivity contribution in [2.75, 3.05) is 6.61 Å². The standard InChI is InChI=1S/C21H19NO2/c1-3-24-21(23)19-13(2)15-9-5-4-8-14(15)12-17-16-10-6-7-11-18(16)22-20(17)19/h4-11,22H,3,12H2,1-2H3. The third-order valence-corrected chi connectivity index (χ3v) is 4.71. The molecule has 1 aliphatic carbocycles. The van der Waals surface area contributed by atoms with E-state index in [1.165, 1.54) is 10.9 Å². The van der Waals surface area contributed by atoms with E-state index in [0.717, 1.165) is 34.3 Å². The van der Waals surface area contributed by atoms with Crippen LogP contribution in [0.15, 0.2) is 48.5 Å². The minimum Gasteiger partial charge on any atom is -0.462 e. The Balaban J connectivity index is 2.06. The van der Waals surface area contributed by atoms with Gasteiger partial charge in [-0.25, -0.2) is 4.79 Å². The summed E-state index contributed by atoms with van der Waals surface area (Å²) in [5, 5.41) is 1.17. The molecule has 0 amide bonds. The predicted molar refractivity (Wildman–Crippen MR) is 96.7 cm³/mol. The number of hydrogen-bond acceptors (Lipinski definition) is 2. The van der Waals surface area contributed by atoms with Gasteiger partial charge in [0.2, 0.25) is 0 Å². The number of allylic oxidation sites excluding steroid dienone is 1. The quantitative estimate of drug-likeness (QED) is 0.704. The van der Waals surface area contributed by atoms with Gasteiger partial charge in [0.1, 0.15) is 0 Å². The van der Waals surface area contributed by atoms with Crippen LogP contribution in [0.2, 0.25) is 0 Å². The topological polar surface area (TPSA) is 42.1 Å². The van der Waals surface area contributed by atoms with Crippen LogP contribution in [0.25, 0.3) is 22.0 Å². The first-order chi connectivity index (χ1) is 11.7. The number of para-hydroxylation sites is 1. The molecule has 3 nitrogen and oxygen atoms in total. The molecule has 1 aliphatic rings. The Morgan fingerprint density at radius 3 is 2.71 bits per heavy atom. The first-order valence-corrected chi connectivity index (χ1v) is 8.27. The molecule has 0 spiro atoms. The van der Waals surface area contributed by atoms with Crippen molar-refractivity contribution in [2.45, 2.75) is 20.3 Å². The molecule has 120 valence electrons. The Bertz CT molecular complexity index is 978. The summed E-state index contributed by atoms with van der Waals surface area (Å²) in [4.78, 5) is 16.2. The van der Waals surface area contributed by atoms with Crippen molar-refractivity contribution in [1.29, 1.82) is 0 Å². The van der Waals surface area contributed by atoms with Gasteiger partial charge in [0.05, 0.1) is 17.9 Å². The van der Waals surface area contributed by atoms with Gasteiger partial charge in [0.15, 0.2) is 0 Å². The van der Waals surface area contributed by atoms with Gasteiger partial charge in [0, 0.05) is 17.3 Å². The van der Waals surface area contributed by atoms with Crippen LogP contribution < -0.4 is 0 Å². The van der Waals surface area contributed by atoms with E-state index in [0.29, 0.717) is 12.2 Å². The second-order valence-corrected chi connectivity index (χ2v) is 6.08.